The van der Waals surface area contributed by atoms with Crippen LogP contribution in [0, 0.1) is 18.8 Å². The number of piperidine rings is 2. The molecule has 3 rings (SSSR count). The molecule has 1 atom stereocenters. The first-order valence-corrected chi connectivity index (χ1v) is 10.7. The van der Waals surface area contributed by atoms with Gasteiger partial charge in [-0.15, -0.1) is 0 Å². The maximum Gasteiger partial charge on any atom is 0.339 e. The van der Waals surface area contributed by atoms with Gasteiger partial charge in [-0.05, 0) is 50.5 Å². The van der Waals surface area contributed by atoms with Crippen molar-refractivity contribution in [3.05, 3.63) is 22.5 Å². The number of aromatic nitrogens is 1. The van der Waals surface area contributed by atoms with Gasteiger partial charge in [0, 0.05) is 37.8 Å². The Labute approximate surface area is 172 Å². The average molecular weight is 404 g/mol. The van der Waals surface area contributed by atoms with Crippen LogP contribution in [-0.4, -0.2) is 65.9 Å². The summed E-state index contributed by atoms with van der Waals surface area (Å²) in [6, 6.07) is 0. The standard InChI is InChI=1S/C22H33N3O4/c1-5-17-18(22(28)29-4)15(3)19(23-17)21(27)24-11-8-16(9-12-24)20(26)25-10-6-7-14(2)13-25/h14,16,23H,5-13H2,1-4H3. The maximum atomic E-state index is 13.1. The van der Waals surface area contributed by atoms with Crippen molar-refractivity contribution in [3.63, 3.8) is 0 Å². The number of carbonyl (C=O) groups is 3. The zero-order valence-electron chi connectivity index (χ0n) is 18.0. The number of hydrogen-bond donors (Lipinski definition) is 1. The highest BCUT2D eigenvalue weighted by atomic mass is 16.5. The Bertz CT molecular complexity index is 777. The summed E-state index contributed by atoms with van der Waals surface area (Å²) in [6.07, 6.45) is 4.28. The first-order chi connectivity index (χ1) is 13.9. The minimum atomic E-state index is -0.422. The lowest BCUT2D eigenvalue weighted by Gasteiger charge is -2.37. The van der Waals surface area contributed by atoms with Gasteiger partial charge in [0.2, 0.25) is 5.91 Å². The second kappa shape index (κ2) is 9.01. The molecule has 0 aromatic carbocycles. The molecule has 7 heteroatoms. The maximum absolute atomic E-state index is 13.1. The first-order valence-electron chi connectivity index (χ1n) is 10.7. The van der Waals surface area contributed by atoms with E-state index in [9.17, 15) is 14.4 Å². The second-order valence-electron chi connectivity index (χ2n) is 8.42. The highest BCUT2D eigenvalue weighted by Gasteiger charge is 2.33. The third-order valence-corrected chi connectivity index (χ3v) is 6.38. The van der Waals surface area contributed by atoms with E-state index in [-0.39, 0.29) is 17.7 Å². The Kier molecular flexibility index (Phi) is 6.65. The molecule has 1 aromatic rings. The van der Waals surface area contributed by atoms with Crippen molar-refractivity contribution < 1.29 is 19.1 Å². The summed E-state index contributed by atoms with van der Waals surface area (Å²) >= 11 is 0. The van der Waals surface area contributed by atoms with Crippen LogP contribution in [0.2, 0.25) is 0 Å². The molecular formula is C22H33N3O4. The lowest BCUT2D eigenvalue weighted by molar-refractivity contribution is -0.138. The first kappa shape index (κ1) is 21.4. The average Bonchev–Trinajstić information content (AvgIpc) is 3.08. The molecule has 0 saturated carbocycles. The van der Waals surface area contributed by atoms with E-state index in [1.165, 1.54) is 13.5 Å². The van der Waals surface area contributed by atoms with Gasteiger partial charge in [-0.3, -0.25) is 9.59 Å². The summed E-state index contributed by atoms with van der Waals surface area (Å²) in [6.45, 7) is 8.76. The molecule has 0 bridgehead atoms. The fraction of sp³-hybridized carbons (Fsp3) is 0.682. The molecule has 3 heterocycles. The fourth-order valence-electron chi connectivity index (χ4n) is 4.65. The Morgan fingerprint density at radius 3 is 2.38 bits per heavy atom. The largest absolute Gasteiger partial charge is 0.465 e. The molecule has 0 aliphatic carbocycles. The van der Waals surface area contributed by atoms with E-state index in [0.29, 0.717) is 55.1 Å². The van der Waals surface area contributed by atoms with Crippen molar-refractivity contribution in [1.82, 2.24) is 14.8 Å². The van der Waals surface area contributed by atoms with Crippen LogP contribution in [0.25, 0.3) is 0 Å². The van der Waals surface area contributed by atoms with Crippen LogP contribution in [0.5, 0.6) is 0 Å². The van der Waals surface area contributed by atoms with Crippen LogP contribution in [0.15, 0.2) is 0 Å². The number of aromatic amines is 1. The monoisotopic (exact) mass is 403 g/mol. The minimum Gasteiger partial charge on any atom is -0.465 e. The number of likely N-dealkylation sites (tertiary alicyclic amines) is 2. The number of nitrogens with zero attached hydrogens (tertiary/aromatic N) is 2. The minimum absolute atomic E-state index is 0.00548. The number of H-pyrrole nitrogens is 1. The molecule has 2 fully saturated rings. The lowest BCUT2D eigenvalue weighted by atomic mass is 9.92. The van der Waals surface area contributed by atoms with Gasteiger partial charge >= 0.3 is 5.97 Å². The summed E-state index contributed by atoms with van der Waals surface area (Å²) in [4.78, 5) is 45.0. The van der Waals surface area contributed by atoms with E-state index in [2.05, 4.69) is 11.9 Å². The summed E-state index contributed by atoms with van der Waals surface area (Å²) < 4.78 is 4.88. The SMILES string of the molecule is CCc1[nH]c(C(=O)N2CCC(C(=O)N3CCCC(C)C3)CC2)c(C)c1C(=O)OC. The molecule has 2 aliphatic rings. The molecule has 1 unspecified atom stereocenters. The molecule has 0 radical (unpaired) electrons. The van der Waals surface area contributed by atoms with Crippen LogP contribution < -0.4 is 0 Å². The molecule has 0 spiro atoms. The number of esters is 1. The molecule has 2 saturated heterocycles. The highest BCUT2D eigenvalue weighted by Crippen LogP contribution is 2.26. The van der Waals surface area contributed by atoms with Gasteiger partial charge in [0.05, 0.1) is 12.7 Å². The van der Waals surface area contributed by atoms with Gasteiger partial charge in [-0.25, -0.2) is 4.79 Å². The van der Waals surface area contributed by atoms with Crippen LogP contribution in [-0.2, 0) is 16.0 Å². The predicted molar refractivity (Wildman–Crippen MR) is 110 cm³/mol. The Hall–Kier alpha value is -2.31. The van der Waals surface area contributed by atoms with Gasteiger partial charge in [0.15, 0.2) is 0 Å². The van der Waals surface area contributed by atoms with Crippen molar-refractivity contribution in [3.8, 4) is 0 Å². The van der Waals surface area contributed by atoms with Gasteiger partial charge in [-0.2, -0.15) is 0 Å². The summed E-state index contributed by atoms with van der Waals surface area (Å²) in [7, 11) is 1.35. The molecule has 1 aromatic heterocycles. The van der Waals surface area contributed by atoms with Crippen molar-refractivity contribution in [2.24, 2.45) is 11.8 Å². The number of ether oxygens (including phenoxy) is 1. The van der Waals surface area contributed by atoms with Crippen LogP contribution in [0.1, 0.15) is 71.6 Å². The molecular weight excluding hydrogens is 370 g/mol. The van der Waals surface area contributed by atoms with Crippen molar-refractivity contribution in [2.45, 2.75) is 52.9 Å². The topological polar surface area (TPSA) is 82.7 Å². The van der Waals surface area contributed by atoms with E-state index < -0.39 is 5.97 Å². The number of aryl methyl sites for hydroxylation is 1. The molecule has 2 amide bonds. The van der Waals surface area contributed by atoms with Gasteiger partial charge in [0.25, 0.3) is 5.91 Å². The van der Waals surface area contributed by atoms with Gasteiger partial charge < -0.3 is 19.5 Å². The summed E-state index contributed by atoms with van der Waals surface area (Å²) in [5.74, 6) is 0.299. The van der Waals surface area contributed by atoms with Crippen molar-refractivity contribution in [1.29, 1.82) is 0 Å². The normalized spacial score (nSPS) is 20.6. The van der Waals surface area contributed by atoms with Gasteiger partial charge in [-0.1, -0.05) is 13.8 Å². The fourth-order valence-corrected chi connectivity index (χ4v) is 4.65. The molecule has 2 aliphatic heterocycles. The zero-order chi connectivity index (χ0) is 21.1. The van der Waals surface area contributed by atoms with Crippen LogP contribution >= 0.6 is 0 Å². The lowest BCUT2D eigenvalue weighted by Crippen LogP contribution is -2.47. The quantitative estimate of drug-likeness (QED) is 0.784. The third kappa shape index (κ3) is 4.33. The molecule has 1 N–H and O–H groups in total. The van der Waals surface area contributed by atoms with Crippen LogP contribution in [0.3, 0.4) is 0 Å². The van der Waals surface area contributed by atoms with Crippen molar-refractivity contribution in [2.75, 3.05) is 33.3 Å². The van der Waals surface area contributed by atoms with Crippen LogP contribution in [0.4, 0.5) is 0 Å². The molecule has 7 nitrogen and oxygen atoms in total. The molecule has 29 heavy (non-hydrogen) atoms. The third-order valence-electron chi connectivity index (χ3n) is 6.38. The summed E-state index contributed by atoms with van der Waals surface area (Å²) in [5.41, 5.74) is 2.28. The summed E-state index contributed by atoms with van der Waals surface area (Å²) in [5, 5.41) is 0. The van der Waals surface area contributed by atoms with E-state index in [0.717, 1.165) is 25.2 Å². The number of amides is 2. The molecule has 160 valence electrons. The van der Waals surface area contributed by atoms with E-state index in [1.807, 2.05) is 11.8 Å². The smallest absolute Gasteiger partial charge is 0.339 e. The number of hydrogen-bond acceptors (Lipinski definition) is 4. The second-order valence-corrected chi connectivity index (χ2v) is 8.42. The predicted octanol–water partition coefficient (Wildman–Crippen LogP) is 2.78. The van der Waals surface area contributed by atoms with E-state index in [1.54, 1.807) is 11.8 Å². The Morgan fingerprint density at radius 2 is 1.79 bits per heavy atom. The number of rotatable bonds is 4. The number of nitrogens with one attached hydrogen (secondary N) is 1. The number of methoxy groups -OCH3 is 1. The Morgan fingerprint density at radius 1 is 1.10 bits per heavy atom. The zero-order valence-corrected chi connectivity index (χ0v) is 18.0. The number of carbonyl (C=O) groups excluding carboxylic acids is 3. The van der Waals surface area contributed by atoms with Gasteiger partial charge in [0.1, 0.15) is 5.69 Å². The highest BCUT2D eigenvalue weighted by molar-refractivity contribution is 6.00. The van der Waals surface area contributed by atoms with Crippen molar-refractivity contribution >= 4 is 17.8 Å². The Balaban J connectivity index is 1.65. The van der Waals surface area contributed by atoms with E-state index >= 15 is 0 Å². The van der Waals surface area contributed by atoms with E-state index in [4.69, 9.17) is 4.74 Å².